The maximum atomic E-state index is 12.0. The van der Waals surface area contributed by atoms with E-state index >= 15 is 0 Å². The van der Waals surface area contributed by atoms with Gasteiger partial charge in [-0.1, -0.05) is 37.2 Å². The third kappa shape index (κ3) is 7.49. The van der Waals surface area contributed by atoms with Crippen LogP contribution in [0.5, 0.6) is 0 Å². The minimum Gasteiger partial charge on any atom is -0.359 e. The second kappa shape index (κ2) is 13.1. The minimum atomic E-state index is -0.0871. The summed E-state index contributed by atoms with van der Waals surface area (Å²) in [5.41, 5.74) is 1.65. The molecule has 0 unspecified atom stereocenters. The predicted molar refractivity (Wildman–Crippen MR) is 122 cm³/mol. The Bertz CT molecular complexity index is 729. The van der Waals surface area contributed by atoms with Crippen molar-refractivity contribution in [1.82, 2.24) is 21.1 Å². The fourth-order valence-corrected chi connectivity index (χ4v) is 2.75. The Labute approximate surface area is 183 Å². The lowest BCUT2D eigenvalue weighted by molar-refractivity contribution is 0.0954. The summed E-state index contributed by atoms with van der Waals surface area (Å²) in [6, 6.07) is 11.1. The van der Waals surface area contributed by atoms with Gasteiger partial charge in [-0.05, 0) is 25.0 Å². The first-order valence-corrected chi connectivity index (χ1v) is 9.41. The van der Waals surface area contributed by atoms with E-state index < -0.39 is 0 Å². The lowest BCUT2D eigenvalue weighted by Gasteiger charge is -2.11. The molecule has 1 aromatic heterocycles. The zero-order chi connectivity index (χ0) is 19.5. The molecule has 1 amide bonds. The van der Waals surface area contributed by atoms with Gasteiger partial charge >= 0.3 is 0 Å². The maximum absolute atomic E-state index is 12.0. The van der Waals surface area contributed by atoms with Gasteiger partial charge < -0.3 is 20.5 Å². The minimum absolute atomic E-state index is 0. The van der Waals surface area contributed by atoms with Crippen LogP contribution in [0, 0.1) is 0 Å². The van der Waals surface area contributed by atoms with Gasteiger partial charge in [-0.2, -0.15) is 0 Å². The number of carbonyl (C=O) groups excluding carboxylic acids is 1. The van der Waals surface area contributed by atoms with Crippen LogP contribution < -0.4 is 16.0 Å². The molecule has 1 aromatic carbocycles. The average molecular weight is 499 g/mol. The van der Waals surface area contributed by atoms with Crippen LogP contribution in [0.1, 0.15) is 54.4 Å². The molecular formula is C20H30IN5O2. The molecule has 154 valence electrons. The van der Waals surface area contributed by atoms with E-state index in [4.69, 9.17) is 4.52 Å². The molecule has 28 heavy (non-hydrogen) atoms. The molecule has 2 aromatic rings. The Kier molecular flexibility index (Phi) is 11.2. The summed E-state index contributed by atoms with van der Waals surface area (Å²) in [4.78, 5) is 16.1. The van der Waals surface area contributed by atoms with Gasteiger partial charge in [0.25, 0.3) is 5.91 Å². The molecule has 3 N–H and O–H groups in total. The van der Waals surface area contributed by atoms with Crippen LogP contribution in [-0.4, -0.2) is 37.2 Å². The molecule has 7 nitrogen and oxygen atoms in total. The largest absolute Gasteiger partial charge is 0.359 e. The van der Waals surface area contributed by atoms with Crippen molar-refractivity contribution in [2.24, 2.45) is 4.99 Å². The number of amides is 1. The van der Waals surface area contributed by atoms with E-state index in [1.165, 1.54) is 0 Å². The first-order valence-electron chi connectivity index (χ1n) is 9.41. The summed E-state index contributed by atoms with van der Waals surface area (Å²) < 4.78 is 5.40. The van der Waals surface area contributed by atoms with Gasteiger partial charge in [-0.3, -0.25) is 9.79 Å². The quantitative estimate of drug-likeness (QED) is 0.213. The molecular weight excluding hydrogens is 469 g/mol. The molecule has 0 aliphatic heterocycles. The monoisotopic (exact) mass is 499 g/mol. The molecule has 0 spiro atoms. The SMILES string of the molecule is CCC(CC)c1cc(CNC(=NC)NCCNC(=O)c2ccccc2)on1.I. The Morgan fingerprint density at radius 2 is 1.79 bits per heavy atom. The fraction of sp³-hybridized carbons (Fsp3) is 0.450. The Morgan fingerprint density at radius 3 is 2.43 bits per heavy atom. The molecule has 0 radical (unpaired) electrons. The first-order chi connectivity index (χ1) is 13.2. The first kappa shape index (κ1) is 23.9. The van der Waals surface area contributed by atoms with Gasteiger partial charge in [0.2, 0.25) is 0 Å². The number of benzene rings is 1. The summed E-state index contributed by atoms with van der Waals surface area (Å²) in [6.07, 6.45) is 2.10. The second-order valence-corrected chi connectivity index (χ2v) is 6.21. The number of hydrogen-bond donors (Lipinski definition) is 3. The highest BCUT2D eigenvalue weighted by atomic mass is 127. The van der Waals surface area contributed by atoms with E-state index in [-0.39, 0.29) is 29.9 Å². The number of hydrogen-bond acceptors (Lipinski definition) is 4. The molecule has 0 saturated carbocycles. The molecule has 0 aliphatic rings. The van der Waals surface area contributed by atoms with E-state index in [9.17, 15) is 4.79 Å². The van der Waals surface area contributed by atoms with Crippen molar-refractivity contribution in [3.63, 3.8) is 0 Å². The number of rotatable bonds is 9. The van der Waals surface area contributed by atoms with Gasteiger partial charge in [0.15, 0.2) is 11.7 Å². The van der Waals surface area contributed by atoms with E-state index in [1.54, 1.807) is 19.2 Å². The smallest absolute Gasteiger partial charge is 0.251 e. The molecule has 0 atom stereocenters. The topological polar surface area (TPSA) is 91.6 Å². The number of halogens is 1. The van der Waals surface area contributed by atoms with Gasteiger partial charge in [-0.15, -0.1) is 24.0 Å². The number of aromatic nitrogens is 1. The standard InChI is InChI=1S/C20H29N5O2.HI/c1-4-15(5-2)18-13-17(27-25-18)14-24-20(21-3)23-12-11-22-19(26)16-9-7-6-8-10-16;/h6-10,13,15H,4-5,11-12,14H2,1-3H3,(H,22,26)(H2,21,23,24);1H. The highest BCUT2D eigenvalue weighted by molar-refractivity contribution is 14.0. The normalized spacial score (nSPS) is 11.1. The van der Waals surface area contributed by atoms with Crippen molar-refractivity contribution in [3.05, 3.63) is 53.4 Å². The van der Waals surface area contributed by atoms with E-state index in [2.05, 4.69) is 39.9 Å². The summed E-state index contributed by atoms with van der Waals surface area (Å²) in [5, 5.41) is 13.4. The summed E-state index contributed by atoms with van der Waals surface area (Å²) >= 11 is 0. The zero-order valence-electron chi connectivity index (χ0n) is 16.7. The van der Waals surface area contributed by atoms with Crippen molar-refractivity contribution < 1.29 is 9.32 Å². The number of aliphatic imine (C=N–C) groups is 1. The summed E-state index contributed by atoms with van der Waals surface area (Å²) in [6.45, 7) is 5.87. The highest BCUT2D eigenvalue weighted by Gasteiger charge is 2.13. The van der Waals surface area contributed by atoms with Crippen molar-refractivity contribution in [1.29, 1.82) is 0 Å². The number of carbonyl (C=O) groups is 1. The Morgan fingerprint density at radius 1 is 1.11 bits per heavy atom. The predicted octanol–water partition coefficient (Wildman–Crippen LogP) is 3.29. The molecule has 8 heteroatoms. The van der Waals surface area contributed by atoms with Gasteiger partial charge in [0, 0.05) is 37.7 Å². The van der Waals surface area contributed by atoms with Crippen LogP contribution in [0.25, 0.3) is 0 Å². The summed E-state index contributed by atoms with van der Waals surface area (Å²) in [7, 11) is 1.70. The van der Waals surface area contributed by atoms with Crippen molar-refractivity contribution in [2.75, 3.05) is 20.1 Å². The molecule has 0 bridgehead atoms. The van der Waals surface area contributed by atoms with Crippen LogP contribution in [0.15, 0.2) is 45.9 Å². The van der Waals surface area contributed by atoms with Crippen LogP contribution >= 0.6 is 24.0 Å². The van der Waals surface area contributed by atoms with Crippen LogP contribution in [-0.2, 0) is 6.54 Å². The lowest BCUT2D eigenvalue weighted by Crippen LogP contribution is -2.41. The van der Waals surface area contributed by atoms with Crippen LogP contribution in [0.3, 0.4) is 0 Å². The van der Waals surface area contributed by atoms with E-state index in [1.807, 2.05) is 24.3 Å². The fourth-order valence-electron chi connectivity index (χ4n) is 2.75. The third-order valence-electron chi connectivity index (χ3n) is 4.37. The average Bonchev–Trinajstić information content (AvgIpc) is 3.17. The van der Waals surface area contributed by atoms with Gasteiger partial charge in [0.1, 0.15) is 0 Å². The van der Waals surface area contributed by atoms with E-state index in [0.29, 0.717) is 37.1 Å². The van der Waals surface area contributed by atoms with Crippen LogP contribution in [0.4, 0.5) is 0 Å². The second-order valence-electron chi connectivity index (χ2n) is 6.21. The molecule has 2 rings (SSSR count). The molecule has 1 heterocycles. The number of nitrogens with one attached hydrogen (secondary N) is 3. The third-order valence-corrected chi connectivity index (χ3v) is 4.37. The Hall–Kier alpha value is -2.10. The summed E-state index contributed by atoms with van der Waals surface area (Å²) in [5.74, 6) is 1.77. The highest BCUT2D eigenvalue weighted by Crippen LogP contribution is 2.22. The zero-order valence-corrected chi connectivity index (χ0v) is 19.0. The molecule has 0 fully saturated rings. The maximum Gasteiger partial charge on any atom is 0.251 e. The van der Waals surface area contributed by atoms with Gasteiger partial charge in [0.05, 0.1) is 12.2 Å². The number of nitrogens with zero attached hydrogens (tertiary/aromatic N) is 2. The number of guanidine groups is 1. The molecule has 0 saturated heterocycles. The van der Waals surface area contributed by atoms with E-state index in [0.717, 1.165) is 24.3 Å². The van der Waals surface area contributed by atoms with Gasteiger partial charge in [-0.25, -0.2) is 0 Å². The van der Waals surface area contributed by atoms with Crippen molar-refractivity contribution >= 4 is 35.8 Å². The lowest BCUT2D eigenvalue weighted by atomic mass is 9.99. The van der Waals surface area contributed by atoms with Crippen LogP contribution in [0.2, 0.25) is 0 Å². The van der Waals surface area contributed by atoms with Crippen molar-refractivity contribution in [2.45, 2.75) is 39.2 Å². The Balaban J connectivity index is 0.00000392. The van der Waals surface area contributed by atoms with Crippen molar-refractivity contribution in [3.8, 4) is 0 Å². The molecule has 0 aliphatic carbocycles.